The van der Waals surface area contributed by atoms with Gasteiger partial charge in [-0.15, -0.1) is 0 Å². The third-order valence-electron chi connectivity index (χ3n) is 3.12. The Morgan fingerprint density at radius 2 is 2.13 bits per heavy atom. The second-order valence-electron chi connectivity index (χ2n) is 4.12. The first-order valence-corrected chi connectivity index (χ1v) is 5.62. The molecule has 1 aromatic rings. The quantitative estimate of drug-likeness (QED) is 0.776. The molecule has 4 nitrogen and oxygen atoms in total. The molecule has 5 heteroatoms. The summed E-state index contributed by atoms with van der Waals surface area (Å²) in [4.78, 5) is 11.7. The van der Waals surface area contributed by atoms with Crippen LogP contribution in [0.15, 0.2) is 4.79 Å². The van der Waals surface area contributed by atoms with Gasteiger partial charge in [0.25, 0.3) is 0 Å². The Kier molecular flexibility index (Phi) is 2.89. The van der Waals surface area contributed by atoms with Crippen LogP contribution in [0, 0.1) is 0 Å². The largest absolute Gasteiger partial charge is 0.329 e. The maximum Gasteiger partial charge on any atom is 0.329 e. The van der Waals surface area contributed by atoms with E-state index in [2.05, 4.69) is 5.32 Å². The lowest BCUT2D eigenvalue weighted by Gasteiger charge is -2.23. The van der Waals surface area contributed by atoms with Gasteiger partial charge in [0.1, 0.15) is 5.15 Å². The summed E-state index contributed by atoms with van der Waals surface area (Å²) in [5.41, 5.74) is 0.928. The van der Waals surface area contributed by atoms with Crippen molar-refractivity contribution in [2.45, 2.75) is 18.8 Å². The van der Waals surface area contributed by atoms with E-state index in [4.69, 9.17) is 11.6 Å². The third-order valence-corrected chi connectivity index (χ3v) is 3.57. The minimum atomic E-state index is -0.0411. The summed E-state index contributed by atoms with van der Waals surface area (Å²) in [6, 6.07) is 0. The van der Waals surface area contributed by atoms with Crippen LogP contribution in [0.3, 0.4) is 0 Å². The van der Waals surface area contributed by atoms with Crippen molar-refractivity contribution in [3.63, 3.8) is 0 Å². The van der Waals surface area contributed by atoms with Crippen molar-refractivity contribution in [3.05, 3.63) is 21.3 Å². The summed E-state index contributed by atoms with van der Waals surface area (Å²) >= 11 is 6.17. The van der Waals surface area contributed by atoms with Gasteiger partial charge >= 0.3 is 5.69 Å². The Hall–Kier alpha value is -0.740. The maximum atomic E-state index is 11.7. The van der Waals surface area contributed by atoms with E-state index in [-0.39, 0.29) is 5.69 Å². The van der Waals surface area contributed by atoms with Crippen LogP contribution in [-0.4, -0.2) is 22.2 Å². The van der Waals surface area contributed by atoms with Crippen molar-refractivity contribution in [2.24, 2.45) is 14.1 Å². The number of nitrogens with zero attached hydrogens (tertiary/aromatic N) is 2. The van der Waals surface area contributed by atoms with E-state index in [1.807, 2.05) is 0 Å². The fourth-order valence-electron chi connectivity index (χ4n) is 2.25. The third kappa shape index (κ3) is 1.72. The molecule has 0 spiro atoms. The standard InChI is InChI=1S/C10H16ClN3O/c1-13-8(7-4-3-5-12-6-7)9(11)14(2)10(13)15/h7,12H,3-6H2,1-2H3. The maximum absolute atomic E-state index is 11.7. The number of hydrogen-bond donors (Lipinski definition) is 1. The summed E-state index contributed by atoms with van der Waals surface area (Å²) in [6.07, 6.45) is 2.24. The first-order valence-electron chi connectivity index (χ1n) is 5.24. The highest BCUT2D eigenvalue weighted by atomic mass is 35.5. The van der Waals surface area contributed by atoms with Gasteiger partial charge in [0.05, 0.1) is 5.69 Å². The molecule has 1 aliphatic rings. The molecule has 1 saturated heterocycles. The van der Waals surface area contributed by atoms with E-state index < -0.39 is 0 Å². The first-order chi connectivity index (χ1) is 7.13. The normalized spacial score (nSPS) is 21.9. The molecule has 84 valence electrons. The van der Waals surface area contributed by atoms with Crippen LogP contribution in [0.4, 0.5) is 0 Å². The van der Waals surface area contributed by atoms with Gasteiger partial charge in [0, 0.05) is 26.6 Å². The second-order valence-corrected chi connectivity index (χ2v) is 4.48. The first kappa shape index (κ1) is 10.8. The van der Waals surface area contributed by atoms with Gasteiger partial charge < -0.3 is 5.32 Å². The molecular formula is C10H16ClN3O. The SMILES string of the molecule is Cn1c(Cl)c(C2CCCNC2)n(C)c1=O. The van der Waals surface area contributed by atoms with Crippen LogP contribution in [0.2, 0.25) is 5.15 Å². The predicted molar refractivity (Wildman–Crippen MR) is 60.5 cm³/mol. The average Bonchev–Trinajstić information content (AvgIpc) is 2.45. The molecule has 1 fully saturated rings. The number of nitrogens with one attached hydrogen (secondary N) is 1. The Balaban J connectivity index is 2.42. The smallest absolute Gasteiger partial charge is 0.316 e. The molecule has 1 atom stereocenters. The molecule has 0 amide bonds. The minimum Gasteiger partial charge on any atom is -0.316 e. The fourth-order valence-corrected chi connectivity index (χ4v) is 2.60. The van der Waals surface area contributed by atoms with E-state index in [0.717, 1.165) is 31.6 Å². The summed E-state index contributed by atoms with van der Waals surface area (Å²) in [5.74, 6) is 0.366. The molecule has 0 radical (unpaired) electrons. The summed E-state index contributed by atoms with van der Waals surface area (Å²) < 4.78 is 3.17. The summed E-state index contributed by atoms with van der Waals surface area (Å²) in [7, 11) is 3.50. The van der Waals surface area contributed by atoms with Crippen molar-refractivity contribution in [1.82, 2.24) is 14.5 Å². The topological polar surface area (TPSA) is 39.0 Å². The minimum absolute atomic E-state index is 0.0411. The summed E-state index contributed by atoms with van der Waals surface area (Å²) in [6.45, 7) is 1.98. The highest BCUT2D eigenvalue weighted by Gasteiger charge is 2.23. The Morgan fingerprint density at radius 3 is 2.60 bits per heavy atom. The van der Waals surface area contributed by atoms with Crippen LogP contribution in [0.25, 0.3) is 0 Å². The van der Waals surface area contributed by atoms with Gasteiger partial charge in [-0.05, 0) is 19.4 Å². The van der Waals surface area contributed by atoms with Crippen LogP contribution in [-0.2, 0) is 14.1 Å². The number of hydrogen-bond acceptors (Lipinski definition) is 2. The molecule has 0 bridgehead atoms. The van der Waals surface area contributed by atoms with Crippen LogP contribution in [0.1, 0.15) is 24.5 Å². The number of aromatic nitrogens is 2. The molecule has 15 heavy (non-hydrogen) atoms. The van der Waals surface area contributed by atoms with Gasteiger partial charge in [-0.25, -0.2) is 4.79 Å². The zero-order valence-corrected chi connectivity index (χ0v) is 9.84. The zero-order valence-electron chi connectivity index (χ0n) is 9.09. The van der Waals surface area contributed by atoms with Gasteiger partial charge in [-0.2, -0.15) is 0 Å². The van der Waals surface area contributed by atoms with Gasteiger partial charge in [-0.1, -0.05) is 11.6 Å². The second kappa shape index (κ2) is 4.02. The number of piperidine rings is 1. The summed E-state index contributed by atoms with van der Waals surface area (Å²) in [5, 5.41) is 3.91. The molecule has 0 saturated carbocycles. The lowest BCUT2D eigenvalue weighted by atomic mass is 9.96. The molecule has 2 rings (SSSR count). The monoisotopic (exact) mass is 229 g/mol. The number of imidazole rings is 1. The number of rotatable bonds is 1. The molecule has 1 N–H and O–H groups in total. The molecule has 0 aromatic carbocycles. The van der Waals surface area contributed by atoms with E-state index in [1.54, 1.807) is 18.7 Å². The molecule has 2 heterocycles. The van der Waals surface area contributed by atoms with E-state index >= 15 is 0 Å². The van der Waals surface area contributed by atoms with Crippen molar-refractivity contribution in [1.29, 1.82) is 0 Å². The fraction of sp³-hybridized carbons (Fsp3) is 0.700. The van der Waals surface area contributed by atoms with Crippen molar-refractivity contribution in [3.8, 4) is 0 Å². The molecule has 1 aromatic heterocycles. The lowest BCUT2D eigenvalue weighted by Crippen LogP contribution is -2.30. The Labute approximate surface area is 93.8 Å². The highest BCUT2D eigenvalue weighted by molar-refractivity contribution is 6.30. The Morgan fingerprint density at radius 1 is 1.40 bits per heavy atom. The van der Waals surface area contributed by atoms with Crippen LogP contribution >= 0.6 is 11.6 Å². The van der Waals surface area contributed by atoms with E-state index in [1.165, 1.54) is 4.57 Å². The van der Waals surface area contributed by atoms with Crippen LogP contribution in [0.5, 0.6) is 0 Å². The highest BCUT2D eigenvalue weighted by Crippen LogP contribution is 2.27. The predicted octanol–water partition coefficient (Wildman–Crippen LogP) is 0.844. The molecule has 0 aliphatic carbocycles. The van der Waals surface area contributed by atoms with E-state index in [9.17, 15) is 4.79 Å². The lowest BCUT2D eigenvalue weighted by molar-refractivity contribution is 0.446. The average molecular weight is 230 g/mol. The molecular weight excluding hydrogens is 214 g/mol. The zero-order chi connectivity index (χ0) is 11.0. The van der Waals surface area contributed by atoms with Crippen molar-refractivity contribution in [2.75, 3.05) is 13.1 Å². The van der Waals surface area contributed by atoms with Gasteiger partial charge in [0.2, 0.25) is 0 Å². The Bertz CT molecular complexity index is 415. The van der Waals surface area contributed by atoms with Gasteiger partial charge in [0.15, 0.2) is 0 Å². The van der Waals surface area contributed by atoms with Gasteiger partial charge in [-0.3, -0.25) is 9.13 Å². The molecule has 1 unspecified atom stereocenters. The number of halogens is 1. The molecule has 1 aliphatic heterocycles. The van der Waals surface area contributed by atoms with Crippen LogP contribution < -0.4 is 11.0 Å². The van der Waals surface area contributed by atoms with Crippen molar-refractivity contribution >= 4 is 11.6 Å². The van der Waals surface area contributed by atoms with E-state index in [0.29, 0.717) is 11.1 Å². The van der Waals surface area contributed by atoms with Crippen molar-refractivity contribution < 1.29 is 0 Å².